The molecule has 0 saturated carbocycles. The molecule has 0 unspecified atom stereocenters. The Labute approximate surface area is 184 Å². The Bertz CT molecular complexity index is 1210. The van der Waals surface area contributed by atoms with Crippen molar-refractivity contribution in [3.8, 4) is 5.75 Å². The quantitative estimate of drug-likeness (QED) is 0.515. The fourth-order valence-corrected chi connectivity index (χ4v) is 3.83. The molecule has 3 atom stereocenters. The number of amides is 1. The molecule has 0 spiro atoms. The summed E-state index contributed by atoms with van der Waals surface area (Å²) in [7, 11) is 0. The van der Waals surface area contributed by atoms with Crippen LogP contribution in [0.25, 0.3) is 0 Å². The zero-order valence-corrected chi connectivity index (χ0v) is 16.5. The van der Waals surface area contributed by atoms with Crippen molar-refractivity contribution in [1.82, 2.24) is 0 Å². The number of aliphatic hydroxyl groups excluding tert-OH is 1. The van der Waals surface area contributed by atoms with Gasteiger partial charge in [0.05, 0.1) is 23.5 Å². The van der Waals surface area contributed by atoms with Crippen LogP contribution in [0.5, 0.6) is 5.75 Å². The molecule has 1 saturated heterocycles. The summed E-state index contributed by atoms with van der Waals surface area (Å²) >= 11 is 5.92. The van der Waals surface area contributed by atoms with Gasteiger partial charge in [0.1, 0.15) is 11.6 Å². The number of anilines is 1. The molecule has 1 heterocycles. The Morgan fingerprint density at radius 1 is 1.07 bits per heavy atom. The molecule has 2 N–H and O–H groups in total. The van der Waals surface area contributed by atoms with E-state index >= 15 is 0 Å². The molecule has 0 bridgehead atoms. The monoisotopic (exact) mass is 429 g/mol. The van der Waals surface area contributed by atoms with Gasteiger partial charge in [-0.15, -0.1) is 0 Å². The first-order chi connectivity index (χ1) is 16.1. The minimum absolute atomic E-state index is 0.0278. The van der Waals surface area contributed by atoms with Crippen molar-refractivity contribution in [2.75, 3.05) is 4.90 Å². The standard InChI is InChI=1S/C24H21ClFNO3/c25-17-5-9-19(10-6-17)27-23(16-3-11-20(28)12-4-16)21(24(27)30)13-14-22(29)15-1-7-18(26)8-2-15/h1-12,21-23,28-29H,13-14H2/t21-,22+,23-/m1/s1/i5D,6D,9D,10D. The number of rotatable bonds is 6. The van der Waals surface area contributed by atoms with E-state index in [-0.39, 0.29) is 29.3 Å². The van der Waals surface area contributed by atoms with E-state index in [1.54, 1.807) is 12.1 Å². The second kappa shape index (κ2) is 8.46. The lowest BCUT2D eigenvalue weighted by molar-refractivity contribution is -0.131. The number of β-lactam (4-membered cyclic amide) rings is 1. The number of aliphatic hydroxyl groups is 1. The molecule has 1 aliphatic heterocycles. The number of aromatic hydroxyl groups is 1. The smallest absolute Gasteiger partial charge is 0.233 e. The van der Waals surface area contributed by atoms with Crippen LogP contribution in [-0.4, -0.2) is 16.1 Å². The number of phenolic OH excluding ortho intramolecular Hbond substituents is 1. The molecular formula is C24H21ClFNO3. The van der Waals surface area contributed by atoms with Crippen LogP contribution in [0.3, 0.4) is 0 Å². The zero-order valence-electron chi connectivity index (χ0n) is 19.8. The summed E-state index contributed by atoms with van der Waals surface area (Å²) in [5.74, 6) is -1.42. The van der Waals surface area contributed by atoms with Crippen LogP contribution >= 0.6 is 11.6 Å². The Balaban J connectivity index is 1.67. The van der Waals surface area contributed by atoms with Gasteiger partial charge in [-0.1, -0.05) is 35.9 Å². The van der Waals surface area contributed by atoms with Gasteiger partial charge in [0, 0.05) is 10.7 Å². The van der Waals surface area contributed by atoms with Crippen molar-refractivity contribution in [2.45, 2.75) is 25.0 Å². The summed E-state index contributed by atoms with van der Waals surface area (Å²) in [5, 5.41) is 19.9. The molecule has 3 aromatic rings. The number of hydrogen-bond donors (Lipinski definition) is 2. The van der Waals surface area contributed by atoms with Gasteiger partial charge < -0.3 is 15.1 Å². The van der Waals surface area contributed by atoms with Gasteiger partial charge >= 0.3 is 0 Å². The minimum atomic E-state index is -0.920. The van der Waals surface area contributed by atoms with Crippen LogP contribution < -0.4 is 4.90 Å². The summed E-state index contributed by atoms with van der Waals surface area (Å²) in [6.45, 7) is 0. The van der Waals surface area contributed by atoms with Crippen LogP contribution in [0.1, 0.15) is 41.6 Å². The predicted molar refractivity (Wildman–Crippen MR) is 114 cm³/mol. The highest BCUT2D eigenvalue weighted by Gasteiger charge is 2.48. The molecular weight excluding hydrogens is 405 g/mol. The molecule has 3 aromatic carbocycles. The number of nitrogens with zero attached hydrogens (tertiary/aromatic N) is 1. The number of hydrogen-bond acceptors (Lipinski definition) is 3. The van der Waals surface area contributed by atoms with E-state index in [9.17, 15) is 19.4 Å². The Morgan fingerprint density at radius 3 is 2.33 bits per heavy atom. The first-order valence-electron chi connectivity index (χ1n) is 11.4. The Kier molecular flexibility index (Phi) is 4.48. The summed E-state index contributed by atoms with van der Waals surface area (Å²) in [6, 6.07) is 9.24. The van der Waals surface area contributed by atoms with E-state index in [2.05, 4.69) is 0 Å². The number of carbonyl (C=O) groups excluding carboxylic acids is 1. The zero-order chi connectivity index (χ0) is 24.7. The maximum absolute atomic E-state index is 13.2. The average Bonchev–Trinajstić information content (AvgIpc) is 2.83. The summed E-state index contributed by atoms with van der Waals surface area (Å²) in [5.41, 5.74) is 0.979. The third kappa shape index (κ3) is 4.04. The van der Waals surface area contributed by atoms with Gasteiger partial charge in [-0.25, -0.2) is 4.39 Å². The third-order valence-electron chi connectivity index (χ3n) is 5.28. The molecule has 0 radical (unpaired) electrons. The maximum atomic E-state index is 13.2. The molecule has 30 heavy (non-hydrogen) atoms. The third-order valence-corrected chi connectivity index (χ3v) is 5.47. The van der Waals surface area contributed by atoms with Crippen LogP contribution in [0.2, 0.25) is 5.02 Å². The van der Waals surface area contributed by atoms with E-state index in [0.29, 0.717) is 11.1 Å². The number of carbonyl (C=O) groups is 1. The summed E-state index contributed by atoms with van der Waals surface area (Å²) in [6.07, 6.45) is -0.452. The number of halogens is 2. The SMILES string of the molecule is [2H]c1c([2H])c(N2C(=O)[C@H](CC[C@H](O)c3ccc(F)cc3)[C@H]2c2ccc(O)cc2)c([2H])c([2H])c1Cl. The highest BCUT2D eigenvalue weighted by molar-refractivity contribution is 6.30. The van der Waals surface area contributed by atoms with Crippen molar-refractivity contribution in [3.63, 3.8) is 0 Å². The molecule has 154 valence electrons. The topological polar surface area (TPSA) is 60.8 Å². The highest BCUT2D eigenvalue weighted by Crippen LogP contribution is 2.46. The molecule has 1 amide bonds. The van der Waals surface area contributed by atoms with Crippen molar-refractivity contribution >= 4 is 23.2 Å². The molecule has 6 heteroatoms. The highest BCUT2D eigenvalue weighted by atomic mass is 35.5. The van der Waals surface area contributed by atoms with Crippen molar-refractivity contribution < 1.29 is 24.9 Å². The first-order valence-corrected chi connectivity index (χ1v) is 9.81. The maximum Gasteiger partial charge on any atom is 0.233 e. The largest absolute Gasteiger partial charge is 0.508 e. The summed E-state index contributed by atoms with van der Waals surface area (Å²) in [4.78, 5) is 14.5. The molecule has 1 fully saturated rings. The van der Waals surface area contributed by atoms with Gasteiger partial charge in [-0.2, -0.15) is 0 Å². The minimum Gasteiger partial charge on any atom is -0.508 e. The van der Waals surface area contributed by atoms with Crippen molar-refractivity contribution in [3.05, 3.63) is 94.7 Å². The molecule has 0 aromatic heterocycles. The second-order valence-electron chi connectivity index (χ2n) is 7.16. The molecule has 1 aliphatic rings. The van der Waals surface area contributed by atoms with Crippen LogP contribution in [0.15, 0.2) is 72.7 Å². The first kappa shape index (κ1) is 15.9. The van der Waals surface area contributed by atoms with E-state index in [0.717, 1.165) is 0 Å². The lowest BCUT2D eigenvalue weighted by Gasteiger charge is -2.48. The van der Waals surface area contributed by atoms with Gasteiger partial charge in [0.2, 0.25) is 5.91 Å². The van der Waals surface area contributed by atoms with E-state index < -0.39 is 54.0 Å². The summed E-state index contributed by atoms with van der Waals surface area (Å²) < 4.78 is 45.8. The van der Waals surface area contributed by atoms with Crippen LogP contribution in [0, 0.1) is 11.7 Å². The molecule has 0 aliphatic carbocycles. The van der Waals surface area contributed by atoms with Crippen molar-refractivity contribution in [1.29, 1.82) is 0 Å². The van der Waals surface area contributed by atoms with Gasteiger partial charge in [-0.05, 0) is 72.4 Å². The fourth-order valence-electron chi connectivity index (χ4n) is 3.73. The van der Waals surface area contributed by atoms with Crippen molar-refractivity contribution in [2.24, 2.45) is 5.92 Å². The van der Waals surface area contributed by atoms with Gasteiger partial charge in [-0.3, -0.25) is 4.79 Å². The normalized spacial score (nSPS) is 21.3. The lowest BCUT2D eigenvalue weighted by atomic mass is 9.78. The average molecular weight is 430 g/mol. The van der Waals surface area contributed by atoms with E-state index in [1.165, 1.54) is 41.3 Å². The van der Waals surface area contributed by atoms with E-state index in [4.69, 9.17) is 17.1 Å². The van der Waals surface area contributed by atoms with Crippen LogP contribution in [-0.2, 0) is 4.79 Å². The fraction of sp³-hybridized carbons (Fsp3) is 0.208. The van der Waals surface area contributed by atoms with Crippen LogP contribution in [0.4, 0.5) is 10.1 Å². The molecule has 4 nitrogen and oxygen atoms in total. The van der Waals surface area contributed by atoms with Gasteiger partial charge in [0.25, 0.3) is 0 Å². The number of benzene rings is 3. The second-order valence-corrected chi connectivity index (χ2v) is 7.54. The van der Waals surface area contributed by atoms with Gasteiger partial charge in [0.15, 0.2) is 0 Å². The lowest BCUT2D eigenvalue weighted by Crippen LogP contribution is -2.55. The Morgan fingerprint density at radius 2 is 1.70 bits per heavy atom. The number of phenols is 1. The predicted octanol–water partition coefficient (Wildman–Crippen LogP) is 5.40. The van der Waals surface area contributed by atoms with E-state index in [1.807, 2.05) is 0 Å². The Hall–Kier alpha value is -2.89. The molecule has 4 rings (SSSR count).